The Kier molecular flexibility index (Phi) is 7.24. The predicted molar refractivity (Wildman–Crippen MR) is 143 cm³/mol. The first kappa shape index (κ1) is 24.1. The van der Waals surface area contributed by atoms with E-state index in [2.05, 4.69) is 71.3 Å². The van der Waals surface area contributed by atoms with Gasteiger partial charge < -0.3 is 14.2 Å². The molecule has 1 aliphatic heterocycles. The third-order valence-corrected chi connectivity index (χ3v) is 7.98. The third-order valence-electron chi connectivity index (χ3n) is 6.50. The van der Waals surface area contributed by atoms with Crippen LogP contribution >= 0.6 is 23.1 Å². The Morgan fingerprint density at radius 1 is 1.06 bits per heavy atom. The molecule has 184 valence electrons. The minimum atomic E-state index is 0.0788. The first-order valence-corrected chi connectivity index (χ1v) is 14.3. The van der Waals surface area contributed by atoms with Crippen molar-refractivity contribution in [3.63, 3.8) is 0 Å². The Morgan fingerprint density at radius 3 is 2.51 bits per heavy atom. The summed E-state index contributed by atoms with van der Waals surface area (Å²) in [6.45, 7) is 8.06. The van der Waals surface area contributed by atoms with Crippen LogP contribution in [-0.2, 0) is 5.75 Å². The average Bonchev–Trinajstić information content (AvgIpc) is 3.52. The van der Waals surface area contributed by atoms with Gasteiger partial charge in [-0.25, -0.2) is 9.97 Å². The molecule has 1 fully saturated rings. The lowest BCUT2D eigenvalue weighted by molar-refractivity contribution is 0.131. The maximum atomic E-state index is 6.30. The van der Waals surface area contributed by atoms with Crippen molar-refractivity contribution >= 4 is 39.5 Å². The van der Waals surface area contributed by atoms with Crippen LogP contribution in [0.5, 0.6) is 5.19 Å². The normalized spacial score (nSPS) is 15.7. The number of fused-ring (bicyclic) bond motifs is 1. The van der Waals surface area contributed by atoms with Crippen LogP contribution in [0.25, 0.3) is 21.6 Å². The van der Waals surface area contributed by atoms with Crippen molar-refractivity contribution in [2.75, 3.05) is 24.2 Å². The van der Waals surface area contributed by atoms with E-state index in [9.17, 15) is 0 Å². The number of hydrogen-bond acceptors (Lipinski definition) is 9. The molecule has 7 nitrogen and oxygen atoms in total. The van der Waals surface area contributed by atoms with Gasteiger partial charge in [-0.2, -0.15) is 16.7 Å². The molecule has 1 atom stereocenters. The molecule has 4 aromatic rings. The topological polar surface area (TPSA) is 77.2 Å². The van der Waals surface area contributed by atoms with Crippen molar-refractivity contribution < 1.29 is 9.26 Å². The van der Waals surface area contributed by atoms with Gasteiger partial charge in [0.25, 0.3) is 5.19 Å². The van der Waals surface area contributed by atoms with E-state index in [4.69, 9.17) is 14.2 Å². The lowest BCUT2D eigenvalue weighted by atomic mass is 9.92. The molecule has 35 heavy (non-hydrogen) atoms. The number of ether oxygens (including phenoxy) is 1. The summed E-state index contributed by atoms with van der Waals surface area (Å²) in [5, 5.41) is 4.78. The molecule has 9 heteroatoms. The summed E-state index contributed by atoms with van der Waals surface area (Å²) >= 11 is 3.35. The molecule has 0 aliphatic carbocycles. The summed E-state index contributed by atoms with van der Waals surface area (Å²) in [5.74, 6) is 2.51. The molecule has 0 saturated carbocycles. The van der Waals surface area contributed by atoms with E-state index in [-0.39, 0.29) is 12.0 Å². The third kappa shape index (κ3) is 5.46. The molecule has 1 saturated heterocycles. The molecule has 0 spiro atoms. The van der Waals surface area contributed by atoms with Crippen molar-refractivity contribution in [2.24, 2.45) is 5.92 Å². The Hall–Kier alpha value is -2.65. The van der Waals surface area contributed by atoms with Gasteiger partial charge in [0.1, 0.15) is 16.5 Å². The lowest BCUT2D eigenvalue weighted by Gasteiger charge is -2.33. The van der Waals surface area contributed by atoms with Crippen molar-refractivity contribution in [1.82, 2.24) is 20.1 Å². The number of anilines is 1. The SMILES string of the molecule is CSCc1ccc(-c2ccc3nc(OC(C)C4CCN(c5nc(C(C)C)no5)CC4)sc3n2)cc1. The highest BCUT2D eigenvalue weighted by Crippen LogP contribution is 2.32. The van der Waals surface area contributed by atoms with Crippen LogP contribution in [0.3, 0.4) is 0 Å². The number of piperidine rings is 1. The highest BCUT2D eigenvalue weighted by molar-refractivity contribution is 7.97. The molecule has 1 unspecified atom stereocenters. The van der Waals surface area contributed by atoms with E-state index in [1.165, 1.54) is 16.9 Å². The van der Waals surface area contributed by atoms with Crippen molar-refractivity contribution in [3.8, 4) is 16.5 Å². The van der Waals surface area contributed by atoms with Gasteiger partial charge in [0, 0.05) is 30.3 Å². The maximum absolute atomic E-state index is 6.30. The molecule has 1 aromatic carbocycles. The molecular weight excluding hydrogens is 478 g/mol. The number of nitrogens with zero attached hydrogens (tertiary/aromatic N) is 5. The zero-order valence-electron chi connectivity index (χ0n) is 20.6. The highest BCUT2D eigenvalue weighted by Gasteiger charge is 2.28. The fraction of sp³-hybridized carbons (Fsp3) is 0.462. The predicted octanol–water partition coefficient (Wildman–Crippen LogP) is 6.41. The number of aromatic nitrogens is 4. The molecule has 0 amide bonds. The van der Waals surface area contributed by atoms with E-state index in [0.29, 0.717) is 17.1 Å². The largest absolute Gasteiger partial charge is 0.467 e. The van der Waals surface area contributed by atoms with Gasteiger partial charge in [0.05, 0.1) is 5.69 Å². The van der Waals surface area contributed by atoms with Crippen molar-refractivity contribution in [1.29, 1.82) is 0 Å². The number of rotatable bonds is 8. The monoisotopic (exact) mass is 509 g/mol. The Balaban J connectivity index is 1.21. The lowest BCUT2D eigenvalue weighted by Crippen LogP contribution is -2.38. The summed E-state index contributed by atoms with van der Waals surface area (Å²) < 4.78 is 11.8. The second kappa shape index (κ2) is 10.5. The van der Waals surface area contributed by atoms with Crippen LogP contribution in [0.15, 0.2) is 40.9 Å². The minimum absolute atomic E-state index is 0.0788. The van der Waals surface area contributed by atoms with Gasteiger partial charge in [-0.05, 0) is 49.6 Å². The van der Waals surface area contributed by atoms with E-state index >= 15 is 0 Å². The first-order valence-electron chi connectivity index (χ1n) is 12.1. The fourth-order valence-corrected chi connectivity index (χ4v) is 5.75. The van der Waals surface area contributed by atoms with Crippen LogP contribution in [0, 0.1) is 5.92 Å². The Labute approximate surface area is 214 Å². The fourth-order valence-electron chi connectivity index (χ4n) is 4.35. The van der Waals surface area contributed by atoms with E-state index in [1.807, 2.05) is 23.9 Å². The van der Waals surface area contributed by atoms with Crippen molar-refractivity contribution in [2.45, 2.75) is 51.4 Å². The molecule has 4 heterocycles. The molecule has 0 N–H and O–H groups in total. The van der Waals surface area contributed by atoms with Crippen LogP contribution < -0.4 is 9.64 Å². The molecule has 0 bridgehead atoms. The molecule has 3 aromatic heterocycles. The van der Waals surface area contributed by atoms with Crippen molar-refractivity contribution in [3.05, 3.63) is 47.8 Å². The maximum Gasteiger partial charge on any atom is 0.324 e. The summed E-state index contributed by atoms with van der Waals surface area (Å²) in [5.41, 5.74) is 4.29. The number of pyridine rings is 1. The second-order valence-corrected chi connectivity index (χ2v) is 11.2. The van der Waals surface area contributed by atoms with Crippen LogP contribution in [0.4, 0.5) is 6.01 Å². The highest BCUT2D eigenvalue weighted by atomic mass is 32.2. The number of thioether (sulfide) groups is 1. The van der Waals surface area contributed by atoms with Gasteiger partial charge in [-0.3, -0.25) is 0 Å². The zero-order valence-corrected chi connectivity index (χ0v) is 22.2. The smallest absolute Gasteiger partial charge is 0.324 e. The van der Waals surface area contributed by atoms with Gasteiger partial charge in [-0.15, -0.1) is 0 Å². The van der Waals surface area contributed by atoms with Crippen LogP contribution in [0.2, 0.25) is 0 Å². The minimum Gasteiger partial charge on any atom is -0.467 e. The van der Waals surface area contributed by atoms with Gasteiger partial charge in [0.2, 0.25) is 0 Å². The van der Waals surface area contributed by atoms with Crippen LogP contribution in [0.1, 0.15) is 50.9 Å². The molecule has 0 radical (unpaired) electrons. The van der Waals surface area contributed by atoms with E-state index in [1.54, 1.807) is 0 Å². The number of thiazole rings is 1. The Bertz CT molecular complexity index is 1260. The first-order chi connectivity index (χ1) is 17.0. The summed E-state index contributed by atoms with van der Waals surface area (Å²) in [6, 6.07) is 13.3. The summed E-state index contributed by atoms with van der Waals surface area (Å²) in [4.78, 5) is 17.2. The number of benzene rings is 1. The standard InChI is InChI=1S/C26H31N5O2S2/c1-16(2)23-29-25(33-30-23)31-13-11-19(12-14-31)17(3)32-26-28-22-10-9-21(27-24(22)35-26)20-7-5-18(6-8-20)15-34-4/h5-10,16-17,19H,11-15H2,1-4H3. The van der Waals surface area contributed by atoms with Gasteiger partial charge in [-0.1, -0.05) is 54.6 Å². The Morgan fingerprint density at radius 2 is 1.83 bits per heavy atom. The van der Waals surface area contributed by atoms with Crippen LogP contribution in [-0.4, -0.2) is 45.6 Å². The average molecular weight is 510 g/mol. The van der Waals surface area contributed by atoms with Gasteiger partial charge >= 0.3 is 6.01 Å². The molecule has 5 rings (SSSR count). The summed E-state index contributed by atoms with van der Waals surface area (Å²) in [7, 11) is 0. The van der Waals surface area contributed by atoms with Gasteiger partial charge in [0.15, 0.2) is 5.82 Å². The molecule has 1 aliphatic rings. The number of hydrogen-bond donors (Lipinski definition) is 0. The zero-order chi connectivity index (χ0) is 24.4. The van der Waals surface area contributed by atoms with E-state index < -0.39 is 0 Å². The summed E-state index contributed by atoms with van der Waals surface area (Å²) in [6.07, 6.45) is 4.23. The molecular formula is C26H31N5O2S2. The van der Waals surface area contributed by atoms with E-state index in [0.717, 1.165) is 59.1 Å². The quantitative estimate of drug-likeness (QED) is 0.270. The second-order valence-electron chi connectivity index (χ2n) is 9.37.